The van der Waals surface area contributed by atoms with Gasteiger partial charge in [-0.15, -0.1) is 0 Å². The van der Waals surface area contributed by atoms with Crippen molar-refractivity contribution in [3.05, 3.63) is 72.4 Å². The van der Waals surface area contributed by atoms with Gasteiger partial charge in [0.05, 0.1) is 5.56 Å². The minimum Gasteiger partial charge on any atom is -0.356 e. The second-order valence-corrected chi connectivity index (χ2v) is 6.49. The summed E-state index contributed by atoms with van der Waals surface area (Å²) in [6.07, 6.45) is -1.36. The summed E-state index contributed by atoms with van der Waals surface area (Å²) in [5, 5.41) is 3.22. The highest BCUT2D eigenvalue weighted by Crippen LogP contribution is 2.34. The molecule has 3 aromatic rings. The summed E-state index contributed by atoms with van der Waals surface area (Å²) in [5.41, 5.74) is 2.77. The van der Waals surface area contributed by atoms with Gasteiger partial charge in [-0.3, -0.25) is 0 Å². The van der Waals surface area contributed by atoms with Crippen molar-refractivity contribution >= 4 is 17.2 Å². The highest BCUT2D eigenvalue weighted by atomic mass is 19.4. The van der Waals surface area contributed by atoms with E-state index in [1.165, 1.54) is 18.6 Å². The molecule has 1 fully saturated rings. The third-order valence-corrected chi connectivity index (χ3v) is 4.65. The van der Waals surface area contributed by atoms with Crippen LogP contribution in [-0.4, -0.2) is 18.1 Å². The van der Waals surface area contributed by atoms with Gasteiger partial charge in [0.25, 0.3) is 0 Å². The molecule has 4 rings (SSSR count). The number of nitrogens with zero attached hydrogens (tertiary/aromatic N) is 2. The lowest BCUT2D eigenvalue weighted by Gasteiger charge is -2.32. The predicted molar refractivity (Wildman–Crippen MR) is 101 cm³/mol. The Morgan fingerprint density at radius 2 is 1.67 bits per heavy atom. The van der Waals surface area contributed by atoms with E-state index in [2.05, 4.69) is 15.2 Å². The van der Waals surface area contributed by atoms with Crippen LogP contribution in [0.4, 0.5) is 30.4 Å². The number of benzene rings is 2. The highest BCUT2D eigenvalue weighted by Gasteiger charge is 2.29. The molecule has 0 atom stereocenters. The molecule has 138 valence electrons. The van der Waals surface area contributed by atoms with E-state index in [1.807, 2.05) is 36.4 Å². The van der Waals surface area contributed by atoms with Gasteiger partial charge < -0.3 is 10.2 Å². The number of anilines is 3. The summed E-state index contributed by atoms with van der Waals surface area (Å²) < 4.78 is 38.2. The molecular weight excluding hydrogens is 351 g/mol. The molecule has 2 heterocycles. The van der Waals surface area contributed by atoms with Crippen LogP contribution in [0, 0.1) is 0 Å². The fourth-order valence-electron chi connectivity index (χ4n) is 3.05. The van der Waals surface area contributed by atoms with Gasteiger partial charge in [-0.2, -0.15) is 13.2 Å². The molecule has 3 nitrogen and oxygen atoms in total. The Hall–Kier alpha value is -3.02. The number of halogens is 3. The van der Waals surface area contributed by atoms with Crippen LogP contribution in [0.15, 0.2) is 66.9 Å². The van der Waals surface area contributed by atoms with Gasteiger partial charge in [0, 0.05) is 36.2 Å². The minimum atomic E-state index is -4.33. The largest absolute Gasteiger partial charge is 0.416 e. The number of aromatic nitrogens is 1. The number of nitrogens with one attached hydrogen (secondary N) is 1. The number of hydrogen-bond acceptors (Lipinski definition) is 3. The van der Waals surface area contributed by atoms with Gasteiger partial charge in [0.1, 0.15) is 5.82 Å². The summed E-state index contributed by atoms with van der Waals surface area (Å²) in [6, 6.07) is 16.8. The molecule has 1 aromatic heterocycles. The average molecular weight is 369 g/mol. The molecule has 1 aliphatic heterocycles. The maximum Gasteiger partial charge on any atom is 0.416 e. The molecular formula is C21H18F3N3. The molecule has 0 bridgehead atoms. The first-order valence-electron chi connectivity index (χ1n) is 8.75. The van der Waals surface area contributed by atoms with Crippen molar-refractivity contribution in [1.29, 1.82) is 0 Å². The van der Waals surface area contributed by atoms with E-state index >= 15 is 0 Å². The van der Waals surface area contributed by atoms with E-state index in [1.54, 1.807) is 6.20 Å². The normalized spacial score (nSPS) is 14.0. The molecule has 0 amide bonds. The number of alkyl halides is 3. The summed E-state index contributed by atoms with van der Waals surface area (Å²) in [5.74, 6) is 0.947. The Labute approximate surface area is 155 Å². The van der Waals surface area contributed by atoms with Crippen molar-refractivity contribution in [1.82, 2.24) is 4.98 Å². The number of hydrogen-bond donors (Lipinski definition) is 1. The topological polar surface area (TPSA) is 28.2 Å². The fourth-order valence-corrected chi connectivity index (χ4v) is 3.05. The first-order chi connectivity index (χ1) is 13.0. The van der Waals surface area contributed by atoms with E-state index in [4.69, 9.17) is 0 Å². The van der Waals surface area contributed by atoms with Crippen LogP contribution < -0.4 is 10.2 Å². The van der Waals surface area contributed by atoms with Crippen LogP contribution in [0.25, 0.3) is 11.1 Å². The smallest absolute Gasteiger partial charge is 0.356 e. The Kier molecular flexibility index (Phi) is 4.48. The first kappa shape index (κ1) is 17.4. The summed E-state index contributed by atoms with van der Waals surface area (Å²) in [6.45, 7) is 2.03. The Bertz CT molecular complexity index is 932. The van der Waals surface area contributed by atoms with Gasteiger partial charge in [-0.25, -0.2) is 4.98 Å². The van der Waals surface area contributed by atoms with Crippen LogP contribution in [-0.2, 0) is 6.18 Å². The van der Waals surface area contributed by atoms with Crippen molar-refractivity contribution in [2.45, 2.75) is 12.6 Å². The summed E-state index contributed by atoms with van der Waals surface area (Å²) in [7, 11) is 0. The predicted octanol–water partition coefficient (Wildman–Crippen LogP) is 5.72. The lowest BCUT2D eigenvalue weighted by Crippen LogP contribution is -2.37. The van der Waals surface area contributed by atoms with Crippen LogP contribution in [0.2, 0.25) is 0 Å². The maximum absolute atomic E-state index is 12.7. The molecule has 1 saturated heterocycles. The average Bonchev–Trinajstić information content (AvgIpc) is 2.61. The molecule has 0 saturated carbocycles. The number of para-hydroxylation sites is 1. The molecule has 2 aromatic carbocycles. The van der Waals surface area contributed by atoms with Crippen molar-refractivity contribution in [3.8, 4) is 11.1 Å². The van der Waals surface area contributed by atoms with E-state index < -0.39 is 11.7 Å². The highest BCUT2D eigenvalue weighted by molar-refractivity contribution is 5.82. The van der Waals surface area contributed by atoms with Crippen LogP contribution in [0.1, 0.15) is 12.0 Å². The third kappa shape index (κ3) is 3.74. The zero-order valence-corrected chi connectivity index (χ0v) is 14.5. The first-order valence-corrected chi connectivity index (χ1v) is 8.75. The summed E-state index contributed by atoms with van der Waals surface area (Å²) in [4.78, 5) is 6.65. The van der Waals surface area contributed by atoms with Gasteiger partial charge in [0.2, 0.25) is 0 Å². The summed E-state index contributed by atoms with van der Waals surface area (Å²) >= 11 is 0. The second kappa shape index (κ2) is 6.95. The zero-order valence-electron chi connectivity index (χ0n) is 14.5. The van der Waals surface area contributed by atoms with E-state index in [0.717, 1.165) is 47.9 Å². The van der Waals surface area contributed by atoms with Crippen molar-refractivity contribution in [3.63, 3.8) is 0 Å². The monoisotopic (exact) mass is 369 g/mol. The van der Waals surface area contributed by atoms with Gasteiger partial charge in [0.15, 0.2) is 0 Å². The molecule has 0 unspecified atom stereocenters. The Balaban J connectivity index is 1.62. The van der Waals surface area contributed by atoms with E-state index in [0.29, 0.717) is 5.69 Å². The third-order valence-electron chi connectivity index (χ3n) is 4.65. The molecule has 1 N–H and O–H groups in total. The second-order valence-electron chi connectivity index (χ2n) is 6.49. The van der Waals surface area contributed by atoms with Gasteiger partial charge in [-0.1, -0.05) is 18.2 Å². The lowest BCUT2D eigenvalue weighted by molar-refractivity contribution is -0.137. The Morgan fingerprint density at radius 3 is 2.33 bits per heavy atom. The van der Waals surface area contributed by atoms with E-state index in [-0.39, 0.29) is 0 Å². The van der Waals surface area contributed by atoms with E-state index in [9.17, 15) is 13.2 Å². The minimum absolute atomic E-state index is 0.604. The zero-order chi connectivity index (χ0) is 18.9. The van der Waals surface area contributed by atoms with Gasteiger partial charge in [-0.05, 0) is 54.4 Å². The van der Waals surface area contributed by atoms with Crippen LogP contribution in [0.3, 0.4) is 0 Å². The van der Waals surface area contributed by atoms with Crippen LogP contribution >= 0.6 is 0 Å². The van der Waals surface area contributed by atoms with Crippen molar-refractivity contribution in [2.75, 3.05) is 23.3 Å². The molecule has 6 heteroatoms. The quantitative estimate of drug-likeness (QED) is 0.637. The molecule has 27 heavy (non-hydrogen) atoms. The van der Waals surface area contributed by atoms with Crippen LogP contribution in [0.5, 0.6) is 0 Å². The number of pyridine rings is 1. The molecule has 0 spiro atoms. The van der Waals surface area contributed by atoms with Gasteiger partial charge >= 0.3 is 6.18 Å². The fraction of sp³-hybridized carbons (Fsp3) is 0.190. The Morgan fingerprint density at radius 1 is 0.926 bits per heavy atom. The maximum atomic E-state index is 12.7. The SMILES string of the molecule is FC(F)(F)c1ccc(Nc2ccccc2-c2ccnc(N3CCC3)c2)cc1. The van der Waals surface area contributed by atoms with Crippen molar-refractivity contribution in [2.24, 2.45) is 0 Å². The van der Waals surface area contributed by atoms with Crippen molar-refractivity contribution < 1.29 is 13.2 Å². The lowest BCUT2D eigenvalue weighted by atomic mass is 10.0. The molecule has 0 aliphatic carbocycles. The standard InChI is InChI=1S/C21H18F3N3/c22-21(23,24)16-6-8-17(9-7-16)26-19-5-2-1-4-18(19)15-10-11-25-20(14-15)27-12-3-13-27/h1-2,4-11,14,26H,3,12-13H2. The molecule has 0 radical (unpaired) electrons. The number of rotatable bonds is 4. The molecule has 1 aliphatic rings.